The number of nitro groups is 1. The Morgan fingerprint density at radius 2 is 2.31 bits per heavy atom. The minimum absolute atomic E-state index is 0.000301. The molecule has 88 valence electrons. The van der Waals surface area contributed by atoms with Gasteiger partial charge in [0.2, 0.25) is 0 Å². The van der Waals surface area contributed by atoms with Crippen LogP contribution < -0.4 is 0 Å². The van der Waals surface area contributed by atoms with Crippen LogP contribution in [0.2, 0.25) is 5.02 Å². The van der Waals surface area contributed by atoms with Crippen LogP contribution in [0, 0.1) is 17.0 Å². The van der Waals surface area contributed by atoms with Crippen LogP contribution in [0.25, 0.3) is 0 Å². The van der Waals surface area contributed by atoms with Crippen molar-refractivity contribution in [1.29, 1.82) is 0 Å². The van der Waals surface area contributed by atoms with Gasteiger partial charge in [0, 0.05) is 6.42 Å². The summed E-state index contributed by atoms with van der Waals surface area (Å²) in [5, 5.41) is 23.0. The molecular formula is C8H10ClN3O4. The average Bonchev–Trinajstić information content (AvgIpc) is 2.42. The van der Waals surface area contributed by atoms with Crippen LogP contribution in [0.15, 0.2) is 0 Å². The maximum absolute atomic E-state index is 10.7. The second-order valence-corrected chi connectivity index (χ2v) is 3.58. The molecule has 0 fully saturated rings. The van der Waals surface area contributed by atoms with Gasteiger partial charge >= 0.3 is 11.8 Å². The van der Waals surface area contributed by atoms with E-state index in [4.69, 9.17) is 16.7 Å². The molecule has 0 aliphatic heterocycles. The molecule has 0 bridgehead atoms. The highest BCUT2D eigenvalue weighted by Gasteiger charge is 2.23. The van der Waals surface area contributed by atoms with Gasteiger partial charge in [0.15, 0.2) is 5.02 Å². The number of carboxylic acids is 1. The van der Waals surface area contributed by atoms with E-state index in [1.54, 1.807) is 6.92 Å². The molecule has 16 heavy (non-hydrogen) atoms. The number of aryl methyl sites for hydroxylation is 2. The molecule has 1 rings (SSSR count). The Morgan fingerprint density at radius 3 is 2.81 bits per heavy atom. The number of carboxylic acid groups (broad SMARTS) is 1. The Bertz CT molecular complexity index is 429. The Labute approximate surface area is 95.8 Å². The van der Waals surface area contributed by atoms with Crippen LogP contribution in [-0.4, -0.2) is 25.8 Å². The molecule has 1 heterocycles. The summed E-state index contributed by atoms with van der Waals surface area (Å²) in [6.07, 6.45) is 0.210. The highest BCUT2D eigenvalue weighted by molar-refractivity contribution is 6.33. The van der Waals surface area contributed by atoms with Crippen molar-refractivity contribution in [1.82, 2.24) is 9.78 Å². The first kappa shape index (κ1) is 12.4. The molecule has 1 N–H and O–H groups in total. The van der Waals surface area contributed by atoms with Gasteiger partial charge in [0.25, 0.3) is 0 Å². The minimum Gasteiger partial charge on any atom is -0.481 e. The van der Waals surface area contributed by atoms with Crippen LogP contribution in [0.4, 0.5) is 5.82 Å². The van der Waals surface area contributed by atoms with Gasteiger partial charge in [-0.3, -0.25) is 4.79 Å². The molecule has 0 aliphatic carbocycles. The summed E-state index contributed by atoms with van der Waals surface area (Å²) in [7, 11) is 0. The van der Waals surface area contributed by atoms with Gasteiger partial charge in [-0.05, 0) is 18.3 Å². The summed E-state index contributed by atoms with van der Waals surface area (Å²) in [4.78, 5) is 20.4. The molecular weight excluding hydrogens is 238 g/mol. The fraction of sp³-hybridized carbons (Fsp3) is 0.500. The number of aromatic nitrogens is 2. The molecule has 0 spiro atoms. The molecule has 1 aromatic heterocycles. The number of hydrogen-bond donors (Lipinski definition) is 1. The van der Waals surface area contributed by atoms with Crippen LogP contribution in [-0.2, 0) is 11.3 Å². The second-order valence-electron chi connectivity index (χ2n) is 3.20. The number of rotatable bonds is 5. The standard InChI is InChI=1S/C8H10ClN3O4/c1-5-7(9)8(12(15)16)11(10-5)4-2-3-6(13)14/h2-4H2,1H3,(H,13,14). The highest BCUT2D eigenvalue weighted by atomic mass is 35.5. The molecule has 0 amide bonds. The van der Waals surface area contributed by atoms with E-state index in [9.17, 15) is 14.9 Å². The molecule has 7 nitrogen and oxygen atoms in total. The second kappa shape index (κ2) is 4.93. The Hall–Kier alpha value is -1.63. The Morgan fingerprint density at radius 1 is 1.69 bits per heavy atom. The zero-order valence-corrected chi connectivity index (χ0v) is 9.27. The molecule has 0 saturated carbocycles. The Balaban J connectivity index is 2.83. The number of hydrogen-bond acceptors (Lipinski definition) is 4. The van der Waals surface area contributed by atoms with E-state index in [-0.39, 0.29) is 30.2 Å². The third-order valence-electron chi connectivity index (χ3n) is 1.96. The fourth-order valence-electron chi connectivity index (χ4n) is 1.26. The van der Waals surface area contributed by atoms with Crippen molar-refractivity contribution in [3.05, 3.63) is 20.8 Å². The topological polar surface area (TPSA) is 98.3 Å². The van der Waals surface area contributed by atoms with Crippen molar-refractivity contribution >= 4 is 23.4 Å². The van der Waals surface area contributed by atoms with E-state index in [0.717, 1.165) is 4.68 Å². The van der Waals surface area contributed by atoms with Gasteiger partial charge < -0.3 is 15.2 Å². The van der Waals surface area contributed by atoms with Gasteiger partial charge in [0.05, 0.1) is 0 Å². The number of aliphatic carboxylic acids is 1. The maximum Gasteiger partial charge on any atom is 0.364 e. The fourth-order valence-corrected chi connectivity index (χ4v) is 1.46. The number of nitrogens with zero attached hydrogens (tertiary/aromatic N) is 3. The molecule has 0 saturated heterocycles. The largest absolute Gasteiger partial charge is 0.481 e. The van der Waals surface area contributed by atoms with Crippen LogP contribution in [0.5, 0.6) is 0 Å². The van der Waals surface area contributed by atoms with Crippen LogP contribution in [0.3, 0.4) is 0 Å². The van der Waals surface area contributed by atoms with E-state index >= 15 is 0 Å². The molecule has 8 heteroatoms. The van der Waals surface area contributed by atoms with E-state index in [0.29, 0.717) is 5.69 Å². The monoisotopic (exact) mass is 247 g/mol. The highest BCUT2D eigenvalue weighted by Crippen LogP contribution is 2.27. The summed E-state index contributed by atoms with van der Waals surface area (Å²) in [5.41, 5.74) is 0.365. The van der Waals surface area contributed by atoms with Crippen LogP contribution in [0.1, 0.15) is 18.5 Å². The minimum atomic E-state index is -0.947. The summed E-state index contributed by atoms with van der Waals surface area (Å²) in [5.74, 6) is -1.23. The summed E-state index contributed by atoms with van der Waals surface area (Å²) >= 11 is 5.71. The Kier molecular flexibility index (Phi) is 3.83. The molecule has 0 radical (unpaired) electrons. The van der Waals surface area contributed by atoms with Crippen molar-refractivity contribution < 1.29 is 14.8 Å². The third-order valence-corrected chi connectivity index (χ3v) is 2.41. The number of carbonyl (C=O) groups is 1. The quantitative estimate of drug-likeness (QED) is 0.630. The first-order valence-electron chi connectivity index (χ1n) is 4.52. The van der Waals surface area contributed by atoms with Crippen LogP contribution >= 0.6 is 11.6 Å². The van der Waals surface area contributed by atoms with Crippen molar-refractivity contribution in [2.75, 3.05) is 0 Å². The normalized spacial score (nSPS) is 10.4. The van der Waals surface area contributed by atoms with Gasteiger partial charge in [-0.1, -0.05) is 16.7 Å². The lowest BCUT2D eigenvalue weighted by atomic mass is 10.3. The lowest BCUT2D eigenvalue weighted by molar-refractivity contribution is -0.392. The maximum atomic E-state index is 10.7. The summed E-state index contributed by atoms with van der Waals surface area (Å²) in [6, 6.07) is 0. The molecule has 0 aliphatic rings. The third kappa shape index (κ3) is 2.69. The summed E-state index contributed by atoms with van der Waals surface area (Å²) in [6.45, 7) is 1.72. The van der Waals surface area contributed by atoms with Crippen molar-refractivity contribution in [2.45, 2.75) is 26.3 Å². The molecule has 0 aromatic carbocycles. The predicted octanol–water partition coefficient (Wildman–Crippen LogP) is 1.62. The number of halogens is 1. The van der Waals surface area contributed by atoms with Gasteiger partial charge in [-0.15, -0.1) is 4.68 Å². The lowest BCUT2D eigenvalue weighted by Gasteiger charge is -1.98. The SMILES string of the molecule is Cc1nn(CCCC(=O)O)c([N+](=O)[O-])c1Cl. The zero-order valence-electron chi connectivity index (χ0n) is 8.51. The first-order chi connectivity index (χ1) is 7.43. The van der Waals surface area contributed by atoms with E-state index < -0.39 is 10.9 Å². The molecule has 1 aromatic rings. The van der Waals surface area contributed by atoms with Gasteiger partial charge in [0.1, 0.15) is 12.2 Å². The zero-order chi connectivity index (χ0) is 12.3. The van der Waals surface area contributed by atoms with Crippen molar-refractivity contribution in [3.8, 4) is 0 Å². The summed E-state index contributed by atoms with van der Waals surface area (Å²) < 4.78 is 1.13. The van der Waals surface area contributed by atoms with E-state index in [2.05, 4.69) is 5.10 Å². The first-order valence-corrected chi connectivity index (χ1v) is 4.90. The predicted molar refractivity (Wildman–Crippen MR) is 55.5 cm³/mol. The van der Waals surface area contributed by atoms with Gasteiger partial charge in [-0.2, -0.15) is 0 Å². The molecule has 0 atom stereocenters. The van der Waals surface area contributed by atoms with Crippen molar-refractivity contribution in [3.63, 3.8) is 0 Å². The smallest absolute Gasteiger partial charge is 0.364 e. The average molecular weight is 248 g/mol. The van der Waals surface area contributed by atoms with E-state index in [1.807, 2.05) is 0 Å². The van der Waals surface area contributed by atoms with Gasteiger partial charge in [-0.25, -0.2) is 0 Å². The lowest BCUT2D eigenvalue weighted by Crippen LogP contribution is -2.07. The molecule has 0 unspecified atom stereocenters. The van der Waals surface area contributed by atoms with Crippen molar-refractivity contribution in [2.24, 2.45) is 0 Å². The van der Waals surface area contributed by atoms with E-state index in [1.165, 1.54) is 0 Å².